The largest absolute Gasteiger partial charge is 0.493 e. The number of carbonyl (C=O) groups is 3. The summed E-state index contributed by atoms with van der Waals surface area (Å²) in [7, 11) is 1.35. The van der Waals surface area contributed by atoms with Crippen molar-refractivity contribution in [3.63, 3.8) is 0 Å². The van der Waals surface area contributed by atoms with Crippen molar-refractivity contribution in [2.45, 2.75) is 39.0 Å². The van der Waals surface area contributed by atoms with Crippen LogP contribution in [0.25, 0.3) is 0 Å². The second-order valence-corrected chi connectivity index (χ2v) is 8.99. The first-order valence-corrected chi connectivity index (χ1v) is 12.3. The van der Waals surface area contributed by atoms with Crippen molar-refractivity contribution in [1.29, 1.82) is 0 Å². The zero-order valence-corrected chi connectivity index (χ0v) is 22.6. The minimum atomic E-state index is -1.08. The lowest BCUT2D eigenvalue weighted by molar-refractivity contribution is -0.154. The van der Waals surface area contributed by atoms with E-state index < -0.39 is 36.1 Å². The number of methoxy groups -OCH3 is 1. The van der Waals surface area contributed by atoms with E-state index in [1.54, 1.807) is 25.1 Å². The van der Waals surface area contributed by atoms with E-state index in [2.05, 4.69) is 10.3 Å². The molecule has 0 spiro atoms. The first kappa shape index (κ1) is 28.7. The molecule has 0 fully saturated rings. The highest BCUT2D eigenvalue weighted by Crippen LogP contribution is 2.34. The van der Waals surface area contributed by atoms with E-state index in [1.807, 2.05) is 30.3 Å². The van der Waals surface area contributed by atoms with Crippen LogP contribution in [0.1, 0.15) is 42.9 Å². The monoisotopic (exact) mass is 560 g/mol. The number of nitrogens with one attached hydrogen (secondary N) is 1. The molecular weight excluding hydrogens is 535 g/mol. The Kier molecular flexibility index (Phi) is 9.92. The summed E-state index contributed by atoms with van der Waals surface area (Å²) in [5.41, 5.74) is 0.511. The van der Waals surface area contributed by atoms with Crippen molar-refractivity contribution >= 4 is 41.0 Å². The number of aromatic nitrogens is 1. The smallest absolute Gasteiger partial charge is 0.328 e. The van der Waals surface area contributed by atoms with Gasteiger partial charge in [-0.3, -0.25) is 9.59 Å². The zero-order chi connectivity index (χ0) is 27.8. The molecule has 11 heteroatoms. The Bertz CT molecular complexity index is 1300. The second-order valence-electron chi connectivity index (χ2n) is 8.15. The molecule has 0 saturated heterocycles. The number of pyridine rings is 1. The Morgan fingerprint density at radius 2 is 1.68 bits per heavy atom. The van der Waals surface area contributed by atoms with Crippen molar-refractivity contribution < 1.29 is 33.3 Å². The van der Waals surface area contributed by atoms with Gasteiger partial charge >= 0.3 is 11.9 Å². The third kappa shape index (κ3) is 7.36. The van der Waals surface area contributed by atoms with E-state index in [-0.39, 0.29) is 17.2 Å². The molecule has 0 unspecified atom stereocenters. The van der Waals surface area contributed by atoms with Gasteiger partial charge in [-0.25, -0.2) is 9.78 Å². The van der Waals surface area contributed by atoms with Crippen LogP contribution < -0.4 is 19.5 Å². The highest BCUT2D eigenvalue weighted by atomic mass is 35.5. The number of hydrogen-bond acceptors (Lipinski definition) is 8. The standard InChI is InChI=1S/C27H26Cl2N2O7/c1-15(31-26(33)23-25(37-17(3)32)22(35-4)12-13-30-23)27(34)36-16(2)24(18-8-6-5-7-9-18)38-21-11-10-19(28)14-20(21)29/h5-16,24H,1-4H3,(H,31,33)/t15-,16-,24-/m0/s1. The maximum Gasteiger partial charge on any atom is 0.328 e. The summed E-state index contributed by atoms with van der Waals surface area (Å²) in [5, 5.41) is 3.26. The Labute approximate surface area is 230 Å². The van der Waals surface area contributed by atoms with Crippen LogP contribution in [0.15, 0.2) is 60.8 Å². The fourth-order valence-electron chi connectivity index (χ4n) is 3.45. The van der Waals surface area contributed by atoms with Gasteiger partial charge in [-0.15, -0.1) is 0 Å². The van der Waals surface area contributed by atoms with E-state index >= 15 is 0 Å². The predicted molar refractivity (Wildman–Crippen MR) is 141 cm³/mol. The van der Waals surface area contributed by atoms with Crippen molar-refractivity contribution in [3.8, 4) is 17.2 Å². The molecule has 3 rings (SSSR count). The van der Waals surface area contributed by atoms with Crippen LogP contribution in [0.4, 0.5) is 0 Å². The average Bonchev–Trinajstić information content (AvgIpc) is 2.88. The Balaban J connectivity index is 1.76. The molecular formula is C27H26Cl2N2O7. The maximum absolute atomic E-state index is 12.9. The van der Waals surface area contributed by atoms with Gasteiger partial charge in [0.15, 0.2) is 17.5 Å². The van der Waals surface area contributed by atoms with E-state index in [0.717, 1.165) is 5.56 Å². The molecule has 1 aromatic heterocycles. The van der Waals surface area contributed by atoms with E-state index in [9.17, 15) is 14.4 Å². The SMILES string of the molecule is COc1ccnc(C(=O)N[C@@H](C)C(=O)O[C@@H](C)[C@H](Oc2ccc(Cl)cc2Cl)c2ccccc2)c1OC(C)=O. The van der Waals surface area contributed by atoms with Gasteiger partial charge in [-0.05, 0) is 37.6 Å². The molecule has 38 heavy (non-hydrogen) atoms. The third-order valence-corrected chi connectivity index (χ3v) is 5.79. The summed E-state index contributed by atoms with van der Waals surface area (Å²) in [6, 6.07) is 14.3. The minimum absolute atomic E-state index is 0.132. The fourth-order valence-corrected chi connectivity index (χ4v) is 3.90. The number of carbonyl (C=O) groups excluding carboxylic acids is 3. The van der Waals surface area contributed by atoms with Gasteiger partial charge in [-0.2, -0.15) is 0 Å². The van der Waals surface area contributed by atoms with Gasteiger partial charge < -0.3 is 24.3 Å². The maximum atomic E-state index is 12.9. The average molecular weight is 561 g/mol. The molecule has 3 aromatic rings. The van der Waals surface area contributed by atoms with Crippen LogP contribution in [0.5, 0.6) is 17.2 Å². The summed E-state index contributed by atoms with van der Waals surface area (Å²) < 4.78 is 22.1. The van der Waals surface area contributed by atoms with Crippen molar-refractivity contribution in [3.05, 3.63) is 82.1 Å². The van der Waals surface area contributed by atoms with Crippen LogP contribution in [0.3, 0.4) is 0 Å². The van der Waals surface area contributed by atoms with Crippen LogP contribution in [0.2, 0.25) is 10.0 Å². The summed E-state index contributed by atoms with van der Waals surface area (Å²) >= 11 is 12.3. The van der Waals surface area contributed by atoms with E-state index in [4.69, 9.17) is 42.1 Å². The Morgan fingerprint density at radius 3 is 2.32 bits per heavy atom. The molecule has 3 atom stereocenters. The molecule has 0 aliphatic carbocycles. The van der Waals surface area contributed by atoms with Crippen LogP contribution in [-0.4, -0.2) is 42.1 Å². The van der Waals surface area contributed by atoms with E-state index in [1.165, 1.54) is 33.2 Å². The van der Waals surface area contributed by atoms with Crippen molar-refractivity contribution in [2.75, 3.05) is 7.11 Å². The summed E-state index contributed by atoms with van der Waals surface area (Å²) in [6.07, 6.45) is -0.199. The lowest BCUT2D eigenvalue weighted by atomic mass is 10.0. The third-order valence-electron chi connectivity index (χ3n) is 5.25. The number of rotatable bonds is 10. The summed E-state index contributed by atoms with van der Waals surface area (Å²) in [6.45, 7) is 4.29. The number of benzene rings is 2. The summed E-state index contributed by atoms with van der Waals surface area (Å²) in [4.78, 5) is 41.3. The van der Waals surface area contributed by atoms with Gasteiger partial charge in [0.25, 0.3) is 5.91 Å². The normalized spacial score (nSPS) is 13.0. The number of halogens is 2. The van der Waals surface area contributed by atoms with Gasteiger partial charge in [0.05, 0.1) is 12.1 Å². The predicted octanol–water partition coefficient (Wildman–Crippen LogP) is 5.19. The number of amides is 1. The van der Waals surface area contributed by atoms with E-state index in [0.29, 0.717) is 15.8 Å². The molecule has 9 nitrogen and oxygen atoms in total. The highest BCUT2D eigenvalue weighted by Gasteiger charge is 2.29. The van der Waals surface area contributed by atoms with Crippen LogP contribution in [0, 0.1) is 0 Å². The molecule has 200 valence electrons. The number of ether oxygens (including phenoxy) is 4. The quantitative estimate of drug-likeness (QED) is 0.337. The molecule has 1 amide bonds. The fraction of sp³-hybridized carbons (Fsp3) is 0.259. The molecule has 1 heterocycles. The van der Waals surface area contributed by atoms with Gasteiger partial charge in [0, 0.05) is 24.2 Å². The summed E-state index contributed by atoms with van der Waals surface area (Å²) in [5.74, 6) is -1.83. The van der Waals surface area contributed by atoms with Crippen molar-refractivity contribution in [2.24, 2.45) is 0 Å². The van der Waals surface area contributed by atoms with Crippen molar-refractivity contribution in [1.82, 2.24) is 10.3 Å². The zero-order valence-electron chi connectivity index (χ0n) is 21.1. The second kappa shape index (κ2) is 13.1. The lowest BCUT2D eigenvalue weighted by Gasteiger charge is -2.27. The topological polar surface area (TPSA) is 113 Å². The number of esters is 2. The molecule has 2 aromatic carbocycles. The van der Waals surface area contributed by atoms with Gasteiger partial charge in [-0.1, -0.05) is 53.5 Å². The Hall–Kier alpha value is -3.82. The first-order chi connectivity index (χ1) is 18.1. The van der Waals surface area contributed by atoms with Gasteiger partial charge in [0.2, 0.25) is 5.75 Å². The number of nitrogens with zero attached hydrogens (tertiary/aromatic N) is 1. The highest BCUT2D eigenvalue weighted by molar-refractivity contribution is 6.35. The first-order valence-electron chi connectivity index (χ1n) is 11.5. The molecule has 1 N–H and O–H groups in total. The van der Waals surface area contributed by atoms with Crippen LogP contribution in [-0.2, 0) is 14.3 Å². The molecule has 0 aliphatic rings. The number of hydrogen-bond donors (Lipinski definition) is 1. The minimum Gasteiger partial charge on any atom is -0.493 e. The molecule has 0 saturated carbocycles. The van der Waals surface area contributed by atoms with Crippen LogP contribution >= 0.6 is 23.2 Å². The lowest BCUT2D eigenvalue weighted by Crippen LogP contribution is -2.42. The Morgan fingerprint density at radius 1 is 0.974 bits per heavy atom. The molecule has 0 radical (unpaired) electrons. The van der Waals surface area contributed by atoms with Gasteiger partial charge in [0.1, 0.15) is 17.9 Å². The molecule has 0 aliphatic heterocycles. The molecule has 0 bridgehead atoms.